The fourth-order valence-corrected chi connectivity index (χ4v) is 2.73. The first-order valence-corrected chi connectivity index (χ1v) is 8.38. The third-order valence-corrected chi connectivity index (χ3v) is 4.21. The van der Waals surface area contributed by atoms with E-state index in [9.17, 15) is 18.0 Å². The van der Waals surface area contributed by atoms with Crippen molar-refractivity contribution in [1.29, 1.82) is 0 Å². The fourth-order valence-electron chi connectivity index (χ4n) is 2.73. The van der Waals surface area contributed by atoms with Gasteiger partial charge < -0.3 is 14.0 Å². The monoisotopic (exact) mass is 393 g/mol. The molecule has 0 bridgehead atoms. The quantitative estimate of drug-likeness (QED) is 0.714. The van der Waals surface area contributed by atoms with Crippen LogP contribution in [-0.4, -0.2) is 27.3 Å². The van der Waals surface area contributed by atoms with E-state index >= 15 is 0 Å². The number of nitrogens with one attached hydrogen (secondary N) is 1. The standard InChI is InChI=1S/C18H14F3N3O4/c19-18(20,21)10-2-1-3-11(4-10)26-12-5-13(6-12)27-17-9-22-14(8-23-17)15-7-16(25)24-28-15/h1-4,7-9,12-13H,5-6H2,(H,24,25). The summed E-state index contributed by atoms with van der Waals surface area (Å²) in [4.78, 5) is 19.3. The van der Waals surface area contributed by atoms with E-state index in [1.807, 2.05) is 0 Å². The second kappa shape index (κ2) is 7.02. The Morgan fingerprint density at radius 2 is 1.86 bits per heavy atom. The van der Waals surface area contributed by atoms with E-state index in [-0.39, 0.29) is 29.3 Å². The van der Waals surface area contributed by atoms with Crippen LogP contribution in [0.25, 0.3) is 11.5 Å². The summed E-state index contributed by atoms with van der Waals surface area (Å²) in [6.07, 6.45) is -0.937. The maximum Gasteiger partial charge on any atom is 0.416 e. The number of benzene rings is 1. The summed E-state index contributed by atoms with van der Waals surface area (Å²) in [5.41, 5.74) is -0.741. The van der Waals surface area contributed by atoms with Crippen LogP contribution in [0.1, 0.15) is 18.4 Å². The largest absolute Gasteiger partial charge is 0.490 e. The molecule has 0 aliphatic heterocycles. The molecule has 7 nitrogen and oxygen atoms in total. The van der Waals surface area contributed by atoms with Crippen molar-refractivity contribution in [3.8, 4) is 23.1 Å². The Morgan fingerprint density at radius 3 is 2.50 bits per heavy atom. The molecule has 28 heavy (non-hydrogen) atoms. The predicted octanol–water partition coefficient (Wildman–Crippen LogP) is 3.43. The van der Waals surface area contributed by atoms with Crippen molar-refractivity contribution in [3.63, 3.8) is 0 Å². The minimum absolute atomic E-state index is 0.166. The number of ether oxygens (including phenoxy) is 2. The predicted molar refractivity (Wildman–Crippen MR) is 89.9 cm³/mol. The number of alkyl halides is 3. The van der Waals surface area contributed by atoms with Crippen LogP contribution in [0.5, 0.6) is 11.6 Å². The molecule has 1 aromatic carbocycles. The average Bonchev–Trinajstić information content (AvgIpc) is 3.06. The second-order valence-electron chi connectivity index (χ2n) is 6.29. The highest BCUT2D eigenvalue weighted by Gasteiger charge is 2.34. The van der Waals surface area contributed by atoms with Crippen LogP contribution >= 0.6 is 0 Å². The zero-order valence-electron chi connectivity index (χ0n) is 14.3. The molecule has 0 radical (unpaired) electrons. The molecule has 0 atom stereocenters. The zero-order valence-corrected chi connectivity index (χ0v) is 14.3. The number of rotatable bonds is 5. The Balaban J connectivity index is 1.29. The van der Waals surface area contributed by atoms with Gasteiger partial charge in [0.05, 0.1) is 24.0 Å². The summed E-state index contributed by atoms with van der Waals surface area (Å²) in [6, 6.07) is 6.05. The summed E-state index contributed by atoms with van der Waals surface area (Å²) in [6.45, 7) is 0. The maximum atomic E-state index is 12.7. The fraction of sp³-hybridized carbons (Fsp3) is 0.278. The Labute approximate surface area is 156 Å². The third-order valence-electron chi connectivity index (χ3n) is 4.21. The summed E-state index contributed by atoms with van der Waals surface area (Å²) < 4.78 is 54.4. The number of nitrogens with zero attached hydrogens (tertiary/aromatic N) is 2. The molecule has 0 spiro atoms. The van der Waals surface area contributed by atoms with Gasteiger partial charge in [0, 0.05) is 12.8 Å². The van der Waals surface area contributed by atoms with Crippen LogP contribution < -0.4 is 15.0 Å². The summed E-state index contributed by atoms with van der Waals surface area (Å²) >= 11 is 0. The van der Waals surface area contributed by atoms with Gasteiger partial charge in [-0.05, 0) is 18.2 Å². The zero-order chi connectivity index (χ0) is 19.7. The smallest absolute Gasteiger partial charge is 0.416 e. The van der Waals surface area contributed by atoms with Crippen LogP contribution in [0, 0.1) is 0 Å². The van der Waals surface area contributed by atoms with Crippen molar-refractivity contribution in [1.82, 2.24) is 15.1 Å². The molecule has 0 amide bonds. The van der Waals surface area contributed by atoms with Gasteiger partial charge in [0.2, 0.25) is 5.88 Å². The molecular formula is C18H14F3N3O4. The number of aromatic nitrogens is 3. The van der Waals surface area contributed by atoms with Gasteiger partial charge in [-0.25, -0.2) is 9.97 Å². The number of aromatic amines is 1. The van der Waals surface area contributed by atoms with Crippen LogP contribution in [-0.2, 0) is 6.18 Å². The van der Waals surface area contributed by atoms with E-state index < -0.39 is 11.7 Å². The van der Waals surface area contributed by atoms with Crippen LogP contribution in [0.15, 0.2) is 52.0 Å². The van der Waals surface area contributed by atoms with Gasteiger partial charge in [-0.2, -0.15) is 18.3 Å². The summed E-state index contributed by atoms with van der Waals surface area (Å²) in [7, 11) is 0. The van der Waals surface area contributed by atoms with Crippen molar-refractivity contribution >= 4 is 0 Å². The van der Waals surface area contributed by atoms with E-state index in [4.69, 9.17) is 14.0 Å². The minimum Gasteiger partial charge on any atom is -0.490 e. The lowest BCUT2D eigenvalue weighted by Gasteiger charge is -2.35. The van der Waals surface area contributed by atoms with Gasteiger partial charge in [-0.15, -0.1) is 0 Å². The van der Waals surface area contributed by atoms with Crippen LogP contribution in [0.2, 0.25) is 0 Å². The first-order chi connectivity index (χ1) is 13.4. The second-order valence-corrected chi connectivity index (χ2v) is 6.29. The van der Waals surface area contributed by atoms with Crippen molar-refractivity contribution < 1.29 is 27.2 Å². The molecule has 1 aliphatic carbocycles. The van der Waals surface area contributed by atoms with Crippen molar-refractivity contribution in [2.75, 3.05) is 0 Å². The van der Waals surface area contributed by atoms with Gasteiger partial charge in [-0.3, -0.25) is 4.79 Å². The molecule has 2 heterocycles. The summed E-state index contributed by atoms with van der Waals surface area (Å²) in [5, 5.41) is 2.16. The molecule has 1 fully saturated rings. The maximum absolute atomic E-state index is 12.7. The molecule has 10 heteroatoms. The molecule has 0 saturated heterocycles. The molecular weight excluding hydrogens is 379 g/mol. The molecule has 1 aliphatic rings. The molecule has 0 unspecified atom stereocenters. The number of hydrogen-bond acceptors (Lipinski definition) is 6. The Hall–Kier alpha value is -3.30. The third kappa shape index (κ3) is 4.00. The van der Waals surface area contributed by atoms with Gasteiger partial charge >= 0.3 is 6.18 Å². The molecule has 1 N–H and O–H groups in total. The normalized spacial score (nSPS) is 19.1. The van der Waals surface area contributed by atoms with Gasteiger partial charge in [0.15, 0.2) is 5.76 Å². The Morgan fingerprint density at radius 1 is 1.07 bits per heavy atom. The van der Waals surface area contributed by atoms with Crippen molar-refractivity contribution in [2.24, 2.45) is 0 Å². The van der Waals surface area contributed by atoms with E-state index in [2.05, 4.69) is 15.1 Å². The summed E-state index contributed by atoms with van der Waals surface area (Å²) in [5.74, 6) is 0.738. The number of H-pyrrole nitrogens is 1. The van der Waals surface area contributed by atoms with Crippen molar-refractivity contribution in [2.45, 2.75) is 31.2 Å². The highest BCUT2D eigenvalue weighted by atomic mass is 19.4. The lowest BCUT2D eigenvalue weighted by Crippen LogP contribution is -2.41. The Kier molecular flexibility index (Phi) is 4.54. The van der Waals surface area contributed by atoms with Gasteiger partial charge in [-0.1, -0.05) is 6.07 Å². The SMILES string of the molecule is O=c1cc(-c2cnc(OC3CC(Oc4cccc(C(F)(F)F)c4)C3)cn2)o[nH]1. The van der Waals surface area contributed by atoms with E-state index in [0.717, 1.165) is 12.1 Å². The first-order valence-electron chi connectivity index (χ1n) is 8.38. The van der Waals surface area contributed by atoms with E-state index in [0.29, 0.717) is 24.4 Å². The lowest BCUT2D eigenvalue weighted by atomic mass is 9.92. The van der Waals surface area contributed by atoms with Crippen LogP contribution in [0.3, 0.4) is 0 Å². The highest BCUT2D eigenvalue weighted by Crippen LogP contribution is 2.34. The Bertz CT molecular complexity index is 1010. The van der Waals surface area contributed by atoms with Gasteiger partial charge in [0.1, 0.15) is 23.7 Å². The molecule has 1 saturated carbocycles. The molecule has 4 rings (SSSR count). The lowest BCUT2D eigenvalue weighted by molar-refractivity contribution is -0.137. The average molecular weight is 393 g/mol. The van der Waals surface area contributed by atoms with Crippen molar-refractivity contribution in [3.05, 3.63) is 58.6 Å². The van der Waals surface area contributed by atoms with E-state index in [1.165, 1.54) is 30.6 Å². The van der Waals surface area contributed by atoms with Gasteiger partial charge in [0.25, 0.3) is 5.56 Å². The number of hydrogen-bond donors (Lipinski definition) is 1. The first kappa shape index (κ1) is 18.1. The van der Waals surface area contributed by atoms with Crippen LogP contribution in [0.4, 0.5) is 13.2 Å². The highest BCUT2D eigenvalue weighted by molar-refractivity contribution is 5.49. The molecule has 2 aromatic heterocycles. The molecule has 3 aromatic rings. The topological polar surface area (TPSA) is 90.2 Å². The minimum atomic E-state index is -4.40. The number of halogens is 3. The molecule has 146 valence electrons. The van der Waals surface area contributed by atoms with E-state index in [1.54, 1.807) is 0 Å².